The van der Waals surface area contributed by atoms with Crippen molar-refractivity contribution in [2.45, 2.75) is 0 Å². The molecular formula is C45H31N5. The molecule has 0 aliphatic rings. The average molecular weight is 642 g/mol. The zero-order valence-electron chi connectivity index (χ0n) is 27.1. The number of pyridine rings is 3. The van der Waals surface area contributed by atoms with Crippen molar-refractivity contribution >= 4 is 38.9 Å². The van der Waals surface area contributed by atoms with Crippen LogP contribution in [0.25, 0.3) is 61.3 Å². The number of para-hydroxylation sites is 2. The van der Waals surface area contributed by atoms with Crippen LogP contribution in [0.1, 0.15) is 0 Å². The van der Waals surface area contributed by atoms with Crippen LogP contribution in [0.4, 0.5) is 17.1 Å². The Morgan fingerprint density at radius 3 is 1.92 bits per heavy atom. The summed E-state index contributed by atoms with van der Waals surface area (Å²) in [5, 5.41) is 2.30. The molecule has 5 heteroatoms. The molecule has 0 saturated carbocycles. The topological polar surface area (TPSA) is 46.8 Å². The molecule has 0 N–H and O–H groups in total. The van der Waals surface area contributed by atoms with Crippen molar-refractivity contribution in [2.75, 3.05) is 4.90 Å². The van der Waals surface area contributed by atoms with Gasteiger partial charge in [-0.25, -0.2) is 4.98 Å². The predicted molar refractivity (Wildman–Crippen MR) is 205 cm³/mol. The number of nitrogens with zero attached hydrogens (tertiary/aromatic N) is 5. The minimum atomic E-state index is 0.840. The van der Waals surface area contributed by atoms with Gasteiger partial charge < -0.3 is 9.47 Å². The Hall–Kier alpha value is -6.85. The molecule has 4 heterocycles. The Morgan fingerprint density at radius 1 is 0.420 bits per heavy atom. The first-order valence-corrected chi connectivity index (χ1v) is 16.7. The molecule has 5 aromatic carbocycles. The number of fused-ring (bicyclic) bond motifs is 3. The molecule has 0 bridgehead atoms. The Labute approximate surface area is 290 Å². The Bertz CT molecular complexity index is 2540. The predicted octanol–water partition coefficient (Wildman–Crippen LogP) is 11.4. The molecule has 0 amide bonds. The fourth-order valence-electron chi connectivity index (χ4n) is 6.77. The SMILES string of the molecule is c1ccc(-c2cccc(-c3cccc(-c4cc5c6ccccc6n(-c6ccc(N(c7ccccc7)c7cccnc7)cc6)c5cn4)n3)c2)cc1. The van der Waals surface area contributed by atoms with Gasteiger partial charge in [-0.05, 0) is 90.0 Å². The molecule has 0 aliphatic carbocycles. The highest BCUT2D eigenvalue weighted by molar-refractivity contribution is 6.10. The molecule has 5 nitrogen and oxygen atoms in total. The van der Waals surface area contributed by atoms with Crippen molar-refractivity contribution in [3.8, 4) is 39.5 Å². The van der Waals surface area contributed by atoms with Crippen LogP contribution in [0.15, 0.2) is 188 Å². The van der Waals surface area contributed by atoms with Gasteiger partial charge in [-0.2, -0.15) is 0 Å². The summed E-state index contributed by atoms with van der Waals surface area (Å²) in [4.78, 5) is 16.7. The second kappa shape index (κ2) is 12.6. The molecule has 0 spiro atoms. The molecule has 0 fully saturated rings. The van der Waals surface area contributed by atoms with E-state index in [2.05, 4.69) is 160 Å². The van der Waals surface area contributed by atoms with Crippen LogP contribution in [0.2, 0.25) is 0 Å². The first-order valence-electron chi connectivity index (χ1n) is 16.7. The summed E-state index contributed by atoms with van der Waals surface area (Å²) < 4.78 is 2.29. The summed E-state index contributed by atoms with van der Waals surface area (Å²) in [5.41, 5.74) is 12.4. The van der Waals surface area contributed by atoms with E-state index < -0.39 is 0 Å². The molecule has 0 aliphatic heterocycles. The van der Waals surface area contributed by atoms with E-state index in [1.165, 1.54) is 16.5 Å². The van der Waals surface area contributed by atoms with Gasteiger partial charge in [0, 0.05) is 39.6 Å². The fourth-order valence-corrected chi connectivity index (χ4v) is 6.77. The van der Waals surface area contributed by atoms with E-state index in [1.54, 1.807) is 6.20 Å². The van der Waals surface area contributed by atoms with Crippen molar-refractivity contribution < 1.29 is 0 Å². The van der Waals surface area contributed by atoms with E-state index in [4.69, 9.17) is 9.97 Å². The van der Waals surface area contributed by atoms with Gasteiger partial charge >= 0.3 is 0 Å². The molecule has 0 unspecified atom stereocenters. The standard InChI is InChI=1S/C45H31N5/c1-3-12-32(13-4-1)33-14-9-15-34(28-33)41-20-10-21-42(48-41)43-29-40-39-19-7-8-22-44(39)50(45(40)31-47-43)37-25-23-36(24-26-37)49(35-16-5-2-6-17-35)38-18-11-27-46-30-38/h1-31H. The maximum atomic E-state index is 5.10. The minimum Gasteiger partial charge on any atom is -0.309 e. The van der Waals surface area contributed by atoms with E-state index in [0.717, 1.165) is 61.8 Å². The lowest BCUT2D eigenvalue weighted by molar-refractivity contribution is 1.16. The summed E-state index contributed by atoms with van der Waals surface area (Å²) in [6, 6.07) is 59.0. The summed E-state index contributed by atoms with van der Waals surface area (Å²) in [6.45, 7) is 0. The molecule has 50 heavy (non-hydrogen) atoms. The number of hydrogen-bond acceptors (Lipinski definition) is 4. The molecule has 236 valence electrons. The summed E-state index contributed by atoms with van der Waals surface area (Å²) in [5.74, 6) is 0. The highest BCUT2D eigenvalue weighted by Gasteiger charge is 2.17. The van der Waals surface area contributed by atoms with Gasteiger partial charge in [0.05, 0.1) is 46.2 Å². The van der Waals surface area contributed by atoms with E-state index in [0.29, 0.717) is 0 Å². The monoisotopic (exact) mass is 641 g/mol. The van der Waals surface area contributed by atoms with Crippen LogP contribution in [0, 0.1) is 0 Å². The van der Waals surface area contributed by atoms with Crippen LogP contribution in [-0.2, 0) is 0 Å². The second-order valence-corrected chi connectivity index (χ2v) is 12.2. The summed E-state index contributed by atoms with van der Waals surface area (Å²) in [6.07, 6.45) is 5.67. The maximum Gasteiger partial charge on any atom is 0.0894 e. The summed E-state index contributed by atoms with van der Waals surface area (Å²) >= 11 is 0. The van der Waals surface area contributed by atoms with Crippen LogP contribution in [0.3, 0.4) is 0 Å². The molecule has 9 aromatic rings. The molecule has 0 radical (unpaired) electrons. The fraction of sp³-hybridized carbons (Fsp3) is 0. The quantitative estimate of drug-likeness (QED) is 0.174. The van der Waals surface area contributed by atoms with Crippen LogP contribution < -0.4 is 4.90 Å². The lowest BCUT2D eigenvalue weighted by Gasteiger charge is -2.25. The average Bonchev–Trinajstić information content (AvgIpc) is 3.53. The van der Waals surface area contributed by atoms with Crippen molar-refractivity contribution in [3.05, 3.63) is 188 Å². The van der Waals surface area contributed by atoms with Crippen LogP contribution in [-0.4, -0.2) is 19.5 Å². The zero-order valence-corrected chi connectivity index (χ0v) is 27.1. The van der Waals surface area contributed by atoms with Gasteiger partial charge in [0.15, 0.2) is 0 Å². The van der Waals surface area contributed by atoms with E-state index in [9.17, 15) is 0 Å². The van der Waals surface area contributed by atoms with Gasteiger partial charge in [0.1, 0.15) is 0 Å². The number of benzene rings is 5. The van der Waals surface area contributed by atoms with Gasteiger partial charge in [-0.3, -0.25) is 9.97 Å². The summed E-state index contributed by atoms with van der Waals surface area (Å²) in [7, 11) is 0. The van der Waals surface area contributed by atoms with E-state index >= 15 is 0 Å². The van der Waals surface area contributed by atoms with Gasteiger partial charge in [-0.15, -0.1) is 0 Å². The third-order valence-corrected chi connectivity index (χ3v) is 9.12. The van der Waals surface area contributed by atoms with Crippen LogP contribution >= 0.6 is 0 Å². The third-order valence-electron chi connectivity index (χ3n) is 9.12. The molecule has 0 atom stereocenters. The van der Waals surface area contributed by atoms with Gasteiger partial charge in [0.25, 0.3) is 0 Å². The first-order chi connectivity index (χ1) is 24.8. The Morgan fingerprint density at radius 2 is 1.10 bits per heavy atom. The number of hydrogen-bond donors (Lipinski definition) is 0. The van der Waals surface area contributed by atoms with Crippen LogP contribution in [0.5, 0.6) is 0 Å². The Kier molecular flexibility index (Phi) is 7.41. The second-order valence-electron chi connectivity index (χ2n) is 12.2. The largest absolute Gasteiger partial charge is 0.309 e. The van der Waals surface area contributed by atoms with Gasteiger partial charge in [0.2, 0.25) is 0 Å². The van der Waals surface area contributed by atoms with Crippen molar-refractivity contribution in [3.63, 3.8) is 0 Å². The van der Waals surface area contributed by atoms with Crippen molar-refractivity contribution in [2.24, 2.45) is 0 Å². The van der Waals surface area contributed by atoms with E-state index in [1.807, 2.05) is 36.7 Å². The molecular weight excluding hydrogens is 611 g/mol. The van der Waals surface area contributed by atoms with Crippen molar-refractivity contribution in [1.29, 1.82) is 0 Å². The van der Waals surface area contributed by atoms with Crippen molar-refractivity contribution in [1.82, 2.24) is 19.5 Å². The molecule has 4 aromatic heterocycles. The normalized spacial score (nSPS) is 11.2. The minimum absolute atomic E-state index is 0.840. The highest BCUT2D eigenvalue weighted by atomic mass is 15.1. The number of aromatic nitrogens is 4. The lowest BCUT2D eigenvalue weighted by atomic mass is 10.0. The number of anilines is 3. The Balaban J connectivity index is 1.10. The lowest BCUT2D eigenvalue weighted by Crippen LogP contribution is -2.10. The molecule has 0 saturated heterocycles. The maximum absolute atomic E-state index is 5.10. The smallest absolute Gasteiger partial charge is 0.0894 e. The van der Waals surface area contributed by atoms with E-state index in [-0.39, 0.29) is 0 Å². The number of rotatable bonds is 7. The zero-order chi connectivity index (χ0) is 33.3. The molecule has 9 rings (SSSR count). The third kappa shape index (κ3) is 5.37. The highest BCUT2D eigenvalue weighted by Crippen LogP contribution is 2.37. The van der Waals surface area contributed by atoms with Gasteiger partial charge in [-0.1, -0.05) is 91.0 Å². The first kappa shape index (κ1) is 29.3.